The molecule has 0 saturated carbocycles. The van der Waals surface area contributed by atoms with Crippen LogP contribution in [0.25, 0.3) is 49.4 Å². The third-order valence-electron chi connectivity index (χ3n) is 10.3. The predicted molar refractivity (Wildman–Crippen MR) is 202 cm³/mol. The molecule has 0 aliphatic carbocycles. The van der Waals surface area contributed by atoms with Gasteiger partial charge in [0.1, 0.15) is 11.5 Å². The van der Waals surface area contributed by atoms with Gasteiger partial charge in [-0.1, -0.05) is 152 Å². The largest absolute Gasteiger partial charge is 0.456 e. The predicted octanol–water partition coefficient (Wildman–Crippen LogP) is 12.1. The molecule has 2 nitrogen and oxygen atoms in total. The average Bonchev–Trinajstić information content (AvgIpc) is 3.51. The summed E-state index contributed by atoms with van der Waals surface area (Å²) in [7, 11) is 0. The number of fused-ring (bicyclic) bond motifs is 6. The van der Waals surface area contributed by atoms with E-state index in [0.717, 1.165) is 39.4 Å². The van der Waals surface area contributed by atoms with Gasteiger partial charge in [-0.25, -0.2) is 0 Å². The van der Waals surface area contributed by atoms with Crippen molar-refractivity contribution in [1.29, 1.82) is 0 Å². The summed E-state index contributed by atoms with van der Waals surface area (Å²) in [6.07, 6.45) is 0. The van der Waals surface area contributed by atoms with Crippen LogP contribution in [0.3, 0.4) is 0 Å². The molecule has 0 amide bonds. The van der Waals surface area contributed by atoms with Crippen LogP contribution < -0.4 is 4.74 Å². The highest BCUT2D eigenvalue weighted by atomic mass is 16.5. The molecule has 1 aliphatic heterocycles. The number of hydrogen-bond acceptors (Lipinski definition) is 1. The standard InChI is InChI=1S/C47H31NO/c1-3-16-35(17-4-1)47(36-18-5-2-6-19-36)41-22-10-12-25-45(41)49-46-38(21-13-23-42(46)47)34-27-29-44-40(31-34)39-20-9-11-24-43(39)48(44)37-28-26-32-14-7-8-15-33(32)30-37/h1-31H. The van der Waals surface area contributed by atoms with Crippen LogP contribution in [0.1, 0.15) is 22.3 Å². The van der Waals surface area contributed by atoms with Gasteiger partial charge in [0, 0.05) is 33.2 Å². The smallest absolute Gasteiger partial charge is 0.140 e. The van der Waals surface area contributed by atoms with Gasteiger partial charge in [-0.05, 0) is 63.9 Å². The lowest BCUT2D eigenvalue weighted by Crippen LogP contribution is -2.34. The second-order valence-electron chi connectivity index (χ2n) is 12.9. The maximum Gasteiger partial charge on any atom is 0.140 e. The van der Waals surface area contributed by atoms with E-state index in [1.807, 2.05) is 0 Å². The molecular formula is C47H31NO. The lowest BCUT2D eigenvalue weighted by Gasteiger charge is -2.42. The number of hydrogen-bond donors (Lipinski definition) is 0. The summed E-state index contributed by atoms with van der Waals surface area (Å²) in [4.78, 5) is 0. The van der Waals surface area contributed by atoms with Gasteiger partial charge < -0.3 is 9.30 Å². The van der Waals surface area contributed by atoms with Crippen LogP contribution in [0, 0.1) is 0 Å². The zero-order valence-corrected chi connectivity index (χ0v) is 26.8. The van der Waals surface area contributed by atoms with Crippen molar-refractivity contribution in [2.24, 2.45) is 0 Å². The molecule has 9 aromatic rings. The molecule has 1 aromatic heterocycles. The maximum atomic E-state index is 6.97. The van der Waals surface area contributed by atoms with Gasteiger partial charge in [-0.2, -0.15) is 0 Å². The lowest BCUT2D eigenvalue weighted by atomic mass is 9.63. The number of benzene rings is 8. The second kappa shape index (κ2) is 10.8. The van der Waals surface area contributed by atoms with Crippen LogP contribution in [0.4, 0.5) is 0 Å². The highest BCUT2D eigenvalue weighted by Crippen LogP contribution is 2.57. The molecule has 0 saturated heterocycles. The molecule has 230 valence electrons. The highest BCUT2D eigenvalue weighted by molar-refractivity contribution is 6.11. The van der Waals surface area contributed by atoms with Gasteiger partial charge >= 0.3 is 0 Å². The molecule has 0 spiro atoms. The molecule has 0 atom stereocenters. The number of nitrogens with zero attached hydrogens (tertiary/aromatic N) is 1. The summed E-state index contributed by atoms with van der Waals surface area (Å²) >= 11 is 0. The van der Waals surface area contributed by atoms with Gasteiger partial charge in [-0.3, -0.25) is 0 Å². The maximum absolute atomic E-state index is 6.97. The first kappa shape index (κ1) is 27.7. The van der Waals surface area contributed by atoms with E-state index in [-0.39, 0.29) is 0 Å². The average molecular weight is 626 g/mol. The summed E-state index contributed by atoms with van der Waals surface area (Å²) in [5.74, 6) is 1.77. The molecule has 8 aromatic carbocycles. The Morgan fingerprint density at radius 3 is 1.90 bits per heavy atom. The third kappa shape index (κ3) is 4.07. The summed E-state index contributed by atoms with van der Waals surface area (Å²) in [5, 5.41) is 4.92. The normalized spacial score (nSPS) is 13.2. The van der Waals surface area contributed by atoms with Gasteiger partial charge in [0.05, 0.1) is 16.4 Å². The molecular weight excluding hydrogens is 595 g/mol. The summed E-state index contributed by atoms with van der Waals surface area (Å²) in [5.41, 5.74) is 9.88. The molecule has 2 heterocycles. The zero-order valence-electron chi connectivity index (χ0n) is 26.8. The zero-order chi connectivity index (χ0) is 32.4. The van der Waals surface area contributed by atoms with E-state index in [4.69, 9.17) is 4.74 Å². The van der Waals surface area contributed by atoms with Crippen molar-refractivity contribution in [3.05, 3.63) is 210 Å². The fourth-order valence-corrected chi connectivity index (χ4v) is 8.19. The van der Waals surface area contributed by atoms with Crippen LogP contribution in [0.5, 0.6) is 11.5 Å². The van der Waals surface area contributed by atoms with Crippen molar-refractivity contribution < 1.29 is 4.74 Å². The molecule has 0 bridgehead atoms. The van der Waals surface area contributed by atoms with Crippen molar-refractivity contribution in [2.45, 2.75) is 5.41 Å². The first-order valence-corrected chi connectivity index (χ1v) is 16.9. The molecule has 0 radical (unpaired) electrons. The lowest BCUT2D eigenvalue weighted by molar-refractivity contribution is 0.436. The van der Waals surface area contributed by atoms with Crippen molar-refractivity contribution in [1.82, 2.24) is 4.57 Å². The van der Waals surface area contributed by atoms with E-state index in [1.54, 1.807) is 0 Å². The fourth-order valence-electron chi connectivity index (χ4n) is 8.19. The van der Waals surface area contributed by atoms with E-state index in [0.29, 0.717) is 0 Å². The van der Waals surface area contributed by atoms with Crippen LogP contribution >= 0.6 is 0 Å². The van der Waals surface area contributed by atoms with Crippen LogP contribution in [0.15, 0.2) is 188 Å². The van der Waals surface area contributed by atoms with Gasteiger partial charge in [0.2, 0.25) is 0 Å². The summed E-state index contributed by atoms with van der Waals surface area (Å²) < 4.78 is 9.36. The number of ether oxygens (including phenoxy) is 1. The highest BCUT2D eigenvalue weighted by Gasteiger charge is 2.45. The Kier molecular flexibility index (Phi) is 6.13. The Morgan fingerprint density at radius 1 is 0.429 bits per heavy atom. The SMILES string of the molecule is c1ccc(C2(c3ccccc3)c3ccccc3Oc3c(-c4ccc5c(c4)c4ccccc4n5-c4ccc5ccccc5c4)cccc32)cc1. The molecule has 0 N–H and O–H groups in total. The van der Waals surface area contributed by atoms with Crippen LogP contribution in [-0.2, 0) is 5.41 Å². The second-order valence-corrected chi connectivity index (χ2v) is 12.9. The summed E-state index contributed by atoms with van der Waals surface area (Å²) in [6, 6.07) is 67.8. The number of rotatable bonds is 4. The van der Waals surface area contributed by atoms with E-state index in [1.165, 1.54) is 43.7 Å². The minimum Gasteiger partial charge on any atom is -0.456 e. The van der Waals surface area contributed by atoms with E-state index >= 15 is 0 Å². The number of aromatic nitrogens is 1. The van der Waals surface area contributed by atoms with Crippen molar-refractivity contribution >= 4 is 32.6 Å². The van der Waals surface area contributed by atoms with Crippen molar-refractivity contribution in [3.8, 4) is 28.3 Å². The third-order valence-corrected chi connectivity index (χ3v) is 10.3. The van der Waals surface area contributed by atoms with E-state index < -0.39 is 5.41 Å². The Morgan fingerprint density at radius 2 is 1.08 bits per heavy atom. The molecule has 49 heavy (non-hydrogen) atoms. The minimum absolute atomic E-state index is 0.557. The number of para-hydroxylation sites is 3. The monoisotopic (exact) mass is 625 g/mol. The van der Waals surface area contributed by atoms with Crippen molar-refractivity contribution in [3.63, 3.8) is 0 Å². The molecule has 2 heteroatoms. The first-order chi connectivity index (χ1) is 24.3. The minimum atomic E-state index is -0.557. The van der Waals surface area contributed by atoms with Crippen molar-refractivity contribution in [2.75, 3.05) is 0 Å². The fraction of sp³-hybridized carbons (Fsp3) is 0.0213. The quantitative estimate of drug-likeness (QED) is 0.190. The first-order valence-electron chi connectivity index (χ1n) is 16.9. The molecule has 0 unspecified atom stereocenters. The van der Waals surface area contributed by atoms with Gasteiger partial charge in [0.15, 0.2) is 0 Å². The Balaban J connectivity index is 1.23. The molecule has 1 aliphatic rings. The van der Waals surface area contributed by atoms with Crippen LogP contribution in [-0.4, -0.2) is 4.57 Å². The van der Waals surface area contributed by atoms with Gasteiger partial charge in [0.25, 0.3) is 0 Å². The topological polar surface area (TPSA) is 14.2 Å². The Labute approximate surface area is 285 Å². The van der Waals surface area contributed by atoms with Crippen LogP contribution in [0.2, 0.25) is 0 Å². The van der Waals surface area contributed by atoms with E-state index in [2.05, 4.69) is 193 Å². The molecule has 0 fully saturated rings. The summed E-state index contributed by atoms with van der Waals surface area (Å²) in [6.45, 7) is 0. The van der Waals surface area contributed by atoms with Gasteiger partial charge in [-0.15, -0.1) is 0 Å². The Bertz CT molecular complexity index is 2650. The Hall–Kier alpha value is -6.38. The molecule has 10 rings (SSSR count). The van der Waals surface area contributed by atoms with E-state index in [9.17, 15) is 0 Å².